The first-order chi connectivity index (χ1) is 6.79. The van der Waals surface area contributed by atoms with Crippen LogP contribution in [0.5, 0.6) is 0 Å². The largest absolute Gasteiger partial charge is 0.427 e. The second-order valence-corrected chi connectivity index (χ2v) is 6.59. The summed E-state index contributed by atoms with van der Waals surface area (Å²) in [5.41, 5.74) is 5.59. The van der Waals surface area contributed by atoms with Crippen molar-refractivity contribution >= 4 is 8.72 Å². The third kappa shape index (κ3) is 2.55. The number of nitrogens with two attached hydrogens (primary N) is 1. The van der Waals surface area contributed by atoms with E-state index in [-0.39, 0.29) is 0 Å². The van der Waals surface area contributed by atoms with Crippen LogP contribution in [0, 0.1) is 0 Å². The molecule has 14 heavy (non-hydrogen) atoms. The summed E-state index contributed by atoms with van der Waals surface area (Å²) in [4.78, 5) is 0. The lowest BCUT2D eigenvalue weighted by Crippen LogP contribution is -2.55. The van der Waals surface area contributed by atoms with Gasteiger partial charge in [0.2, 0.25) is 0 Å². The molecule has 0 unspecified atom stereocenters. The molecule has 0 radical (unpaired) electrons. The Morgan fingerprint density at radius 3 is 2.43 bits per heavy atom. The molecule has 5 heteroatoms. The van der Waals surface area contributed by atoms with E-state index < -0.39 is 8.72 Å². The van der Waals surface area contributed by atoms with Crippen LogP contribution in [0.2, 0.25) is 6.04 Å². The van der Waals surface area contributed by atoms with Crippen LogP contribution in [0.25, 0.3) is 0 Å². The fourth-order valence-electron chi connectivity index (χ4n) is 2.08. The van der Waals surface area contributed by atoms with Crippen LogP contribution in [0.1, 0.15) is 20.3 Å². The van der Waals surface area contributed by atoms with E-state index in [1.54, 1.807) is 0 Å². The van der Waals surface area contributed by atoms with Crippen LogP contribution < -0.4 is 5.73 Å². The smallest absolute Gasteiger partial charge is 0.383 e. The van der Waals surface area contributed by atoms with E-state index in [2.05, 4.69) is 4.57 Å². The van der Waals surface area contributed by atoms with Crippen molar-refractivity contribution in [1.29, 1.82) is 0 Å². The second kappa shape index (κ2) is 5.82. The van der Waals surface area contributed by atoms with Crippen molar-refractivity contribution in [2.45, 2.75) is 26.3 Å². The van der Waals surface area contributed by atoms with Crippen LogP contribution >= 0.6 is 0 Å². The van der Waals surface area contributed by atoms with E-state index >= 15 is 0 Å². The fourth-order valence-corrected chi connectivity index (χ4v) is 5.61. The summed E-state index contributed by atoms with van der Waals surface area (Å²) in [6.45, 7) is 8.24. The molecule has 1 fully saturated rings. The first kappa shape index (κ1) is 12.1. The van der Waals surface area contributed by atoms with Crippen LogP contribution in [0.4, 0.5) is 0 Å². The SMILES string of the molecule is CCO[Si]1(OCC)CCCN1CCN. The standard InChI is InChI=1S/C9H22N2O2Si/c1-3-12-14(13-4-2)9-5-7-11(14)8-6-10/h3-10H2,1-2H3. The van der Waals surface area contributed by atoms with E-state index in [4.69, 9.17) is 14.6 Å². The Labute approximate surface area is 87.7 Å². The maximum Gasteiger partial charge on any atom is 0.427 e. The number of hydrogen-bond donors (Lipinski definition) is 1. The minimum Gasteiger partial charge on any atom is -0.383 e. The number of rotatable bonds is 6. The quantitative estimate of drug-likeness (QED) is 0.666. The summed E-state index contributed by atoms with van der Waals surface area (Å²) in [6.07, 6.45) is 1.19. The van der Waals surface area contributed by atoms with Crippen molar-refractivity contribution < 1.29 is 8.85 Å². The van der Waals surface area contributed by atoms with Crippen molar-refractivity contribution in [1.82, 2.24) is 4.57 Å². The molecule has 1 heterocycles. The highest BCUT2D eigenvalue weighted by Gasteiger charge is 2.47. The zero-order chi connectivity index (χ0) is 10.4. The van der Waals surface area contributed by atoms with Crippen molar-refractivity contribution in [3.8, 4) is 0 Å². The highest BCUT2D eigenvalue weighted by molar-refractivity contribution is 6.65. The highest BCUT2D eigenvalue weighted by Crippen LogP contribution is 2.27. The molecule has 1 aliphatic heterocycles. The van der Waals surface area contributed by atoms with Crippen LogP contribution in [0.15, 0.2) is 0 Å². The molecule has 1 aliphatic rings. The Morgan fingerprint density at radius 2 is 1.93 bits per heavy atom. The predicted molar refractivity (Wildman–Crippen MR) is 59.1 cm³/mol. The van der Waals surface area contributed by atoms with Crippen molar-refractivity contribution in [2.24, 2.45) is 5.73 Å². The molecule has 0 spiro atoms. The minimum absolute atomic E-state index is 0.689. The molecule has 0 aliphatic carbocycles. The summed E-state index contributed by atoms with van der Waals surface area (Å²) in [7, 11) is -2.03. The van der Waals surface area contributed by atoms with Gasteiger partial charge >= 0.3 is 8.72 Å². The van der Waals surface area contributed by atoms with E-state index in [1.165, 1.54) is 6.42 Å². The maximum absolute atomic E-state index is 5.88. The molecule has 1 rings (SSSR count). The van der Waals surface area contributed by atoms with Gasteiger partial charge in [-0.2, -0.15) is 0 Å². The zero-order valence-electron chi connectivity index (χ0n) is 9.29. The van der Waals surface area contributed by atoms with Crippen LogP contribution in [-0.4, -0.2) is 46.1 Å². The Balaban J connectivity index is 2.61. The third-order valence-electron chi connectivity index (χ3n) is 2.54. The molecule has 2 N–H and O–H groups in total. The molecule has 1 saturated heterocycles. The van der Waals surface area contributed by atoms with E-state index in [1.807, 2.05) is 13.8 Å². The van der Waals surface area contributed by atoms with Gasteiger partial charge in [0.05, 0.1) is 0 Å². The van der Waals surface area contributed by atoms with Gasteiger partial charge in [0.25, 0.3) is 0 Å². The van der Waals surface area contributed by atoms with Gasteiger partial charge in [-0.3, -0.25) is 4.57 Å². The molecule has 84 valence electrons. The summed E-state index contributed by atoms with van der Waals surface area (Å²) in [5.74, 6) is 0. The first-order valence-corrected chi connectivity index (χ1v) is 7.49. The van der Waals surface area contributed by atoms with Crippen molar-refractivity contribution in [3.63, 3.8) is 0 Å². The van der Waals surface area contributed by atoms with E-state index in [0.717, 1.165) is 32.3 Å². The molecule has 0 amide bonds. The lowest BCUT2D eigenvalue weighted by molar-refractivity contribution is 0.137. The average Bonchev–Trinajstić information content (AvgIpc) is 2.51. The molecule has 0 aromatic carbocycles. The van der Waals surface area contributed by atoms with Gasteiger partial charge in [-0.15, -0.1) is 0 Å². The van der Waals surface area contributed by atoms with Gasteiger partial charge < -0.3 is 14.6 Å². The zero-order valence-corrected chi connectivity index (χ0v) is 10.3. The van der Waals surface area contributed by atoms with Crippen LogP contribution in [0.3, 0.4) is 0 Å². The lowest BCUT2D eigenvalue weighted by Gasteiger charge is -2.33. The van der Waals surface area contributed by atoms with Gasteiger partial charge in [0.15, 0.2) is 0 Å². The van der Waals surface area contributed by atoms with Crippen LogP contribution in [-0.2, 0) is 8.85 Å². The van der Waals surface area contributed by atoms with Gasteiger partial charge in [0.1, 0.15) is 0 Å². The Kier molecular flexibility index (Phi) is 5.04. The Hall–Kier alpha value is 0.0569. The van der Waals surface area contributed by atoms with Gasteiger partial charge in [-0.05, 0) is 26.8 Å². The molecule has 0 aromatic rings. The average molecular weight is 218 g/mol. The third-order valence-corrected chi connectivity index (χ3v) is 6.42. The molecular weight excluding hydrogens is 196 g/mol. The summed E-state index contributed by atoms with van der Waals surface area (Å²) < 4.78 is 14.1. The molecule has 0 saturated carbocycles. The fraction of sp³-hybridized carbons (Fsp3) is 1.00. The first-order valence-electron chi connectivity index (χ1n) is 5.52. The summed E-state index contributed by atoms with van der Waals surface area (Å²) >= 11 is 0. The highest BCUT2D eigenvalue weighted by atomic mass is 28.4. The topological polar surface area (TPSA) is 47.7 Å². The van der Waals surface area contributed by atoms with E-state index in [0.29, 0.717) is 6.54 Å². The Bertz CT molecular complexity index is 163. The summed E-state index contributed by atoms with van der Waals surface area (Å²) in [6, 6.07) is 1.09. The molecule has 0 aromatic heterocycles. The molecule has 4 nitrogen and oxygen atoms in total. The van der Waals surface area contributed by atoms with E-state index in [9.17, 15) is 0 Å². The molecule has 0 atom stereocenters. The van der Waals surface area contributed by atoms with Crippen molar-refractivity contribution in [3.05, 3.63) is 0 Å². The van der Waals surface area contributed by atoms with Crippen molar-refractivity contribution in [2.75, 3.05) is 32.8 Å². The number of nitrogens with zero attached hydrogens (tertiary/aromatic N) is 1. The second-order valence-electron chi connectivity index (χ2n) is 3.46. The predicted octanol–water partition coefficient (Wildman–Crippen LogP) is 0.663. The number of hydrogen-bond acceptors (Lipinski definition) is 4. The Morgan fingerprint density at radius 1 is 1.29 bits per heavy atom. The van der Waals surface area contributed by atoms with Gasteiger partial charge in [-0.1, -0.05) is 0 Å². The maximum atomic E-state index is 5.88. The normalized spacial score (nSPS) is 21.6. The summed E-state index contributed by atoms with van der Waals surface area (Å²) in [5, 5.41) is 0. The lowest BCUT2D eigenvalue weighted by atomic mass is 10.5. The molecule has 0 bridgehead atoms. The van der Waals surface area contributed by atoms with Gasteiger partial charge in [-0.25, -0.2) is 0 Å². The van der Waals surface area contributed by atoms with Gasteiger partial charge in [0, 0.05) is 32.3 Å². The molecular formula is C9H22N2O2Si. The monoisotopic (exact) mass is 218 g/mol. The minimum atomic E-state index is -2.03.